The van der Waals surface area contributed by atoms with Crippen molar-refractivity contribution in [1.82, 2.24) is 15.8 Å². The predicted molar refractivity (Wildman–Crippen MR) is 115 cm³/mol. The molecule has 0 bridgehead atoms. The maximum absolute atomic E-state index is 6.39. The van der Waals surface area contributed by atoms with Gasteiger partial charge in [-0.15, -0.1) is 0 Å². The van der Waals surface area contributed by atoms with Crippen molar-refractivity contribution in [2.24, 2.45) is 4.99 Å². The zero-order valence-corrected chi connectivity index (χ0v) is 17.7. The lowest BCUT2D eigenvalue weighted by atomic mass is 10.0. The predicted octanol–water partition coefficient (Wildman–Crippen LogP) is 3.71. The van der Waals surface area contributed by atoms with Crippen LogP contribution in [0.2, 0.25) is 5.02 Å². The highest BCUT2D eigenvalue weighted by Gasteiger charge is 2.22. The summed E-state index contributed by atoms with van der Waals surface area (Å²) in [6.07, 6.45) is 3.07. The van der Waals surface area contributed by atoms with Gasteiger partial charge in [-0.25, -0.2) is 0 Å². The van der Waals surface area contributed by atoms with Gasteiger partial charge in [0.05, 0.1) is 16.4 Å². The number of aromatic nitrogens is 1. The normalized spacial score (nSPS) is 17.6. The largest absolute Gasteiger partial charge is 0.368 e. The average Bonchev–Trinajstić information content (AvgIpc) is 3.01. The maximum Gasteiger partial charge on any atom is 0.191 e. The Bertz CT molecular complexity index is 784. The van der Waals surface area contributed by atoms with E-state index >= 15 is 0 Å². The minimum Gasteiger partial charge on any atom is -0.368 e. The lowest BCUT2D eigenvalue weighted by molar-refractivity contribution is 0.392. The molecule has 6 nitrogen and oxygen atoms in total. The van der Waals surface area contributed by atoms with E-state index in [0.717, 1.165) is 72.6 Å². The van der Waals surface area contributed by atoms with Crippen LogP contribution in [0.5, 0.6) is 0 Å². The van der Waals surface area contributed by atoms with Gasteiger partial charge < -0.3 is 20.1 Å². The number of guanidine groups is 1. The number of nitrogens with zero attached hydrogens (tertiary/aromatic N) is 3. The van der Waals surface area contributed by atoms with Gasteiger partial charge >= 0.3 is 0 Å². The number of piperidine rings is 1. The van der Waals surface area contributed by atoms with Crippen molar-refractivity contribution in [2.45, 2.75) is 46.1 Å². The second-order valence-electron chi connectivity index (χ2n) is 7.19. The first kappa shape index (κ1) is 20.5. The van der Waals surface area contributed by atoms with Crippen molar-refractivity contribution in [1.29, 1.82) is 0 Å². The summed E-state index contributed by atoms with van der Waals surface area (Å²) in [6, 6.07) is 8.39. The quantitative estimate of drug-likeness (QED) is 0.568. The van der Waals surface area contributed by atoms with Crippen molar-refractivity contribution in [2.75, 3.05) is 31.1 Å². The molecule has 2 aromatic rings. The zero-order valence-electron chi connectivity index (χ0n) is 17.0. The van der Waals surface area contributed by atoms with Gasteiger partial charge in [0.1, 0.15) is 5.76 Å². The number of anilines is 1. The summed E-state index contributed by atoms with van der Waals surface area (Å²) >= 11 is 6.39. The second kappa shape index (κ2) is 9.82. The number of benzene rings is 1. The van der Waals surface area contributed by atoms with Crippen LogP contribution in [-0.2, 0) is 6.42 Å². The molecule has 0 saturated carbocycles. The Morgan fingerprint density at radius 1 is 1.36 bits per heavy atom. The van der Waals surface area contributed by atoms with E-state index in [0.29, 0.717) is 12.6 Å². The zero-order chi connectivity index (χ0) is 19.9. The molecule has 0 aliphatic carbocycles. The van der Waals surface area contributed by atoms with Crippen LogP contribution in [0.25, 0.3) is 0 Å². The molecule has 0 radical (unpaired) electrons. The first-order valence-electron chi connectivity index (χ1n) is 10.0. The summed E-state index contributed by atoms with van der Waals surface area (Å²) in [6.45, 7) is 9.48. The fraction of sp³-hybridized carbons (Fsp3) is 0.524. The standard InChI is InChI=1S/C21H30ClN5O/c1-4-23-21(24-12-11-18-15(2)26-28-16(18)3)25-17-8-7-13-27(14-17)20-10-6-5-9-19(20)22/h5-6,9-10,17H,4,7-8,11-14H2,1-3H3,(H2,23,24,25). The average molecular weight is 404 g/mol. The van der Waals surface area contributed by atoms with Crippen molar-refractivity contribution in [3.63, 3.8) is 0 Å². The van der Waals surface area contributed by atoms with E-state index in [2.05, 4.69) is 33.7 Å². The van der Waals surface area contributed by atoms with Crippen LogP contribution in [-0.4, -0.2) is 43.3 Å². The third-order valence-corrected chi connectivity index (χ3v) is 5.43. The lowest BCUT2D eigenvalue weighted by Crippen LogP contribution is -2.51. The molecule has 1 aromatic heterocycles. The first-order valence-corrected chi connectivity index (χ1v) is 10.4. The fourth-order valence-corrected chi connectivity index (χ4v) is 3.93. The van der Waals surface area contributed by atoms with Crippen LogP contribution in [0, 0.1) is 13.8 Å². The van der Waals surface area contributed by atoms with Crippen molar-refractivity contribution >= 4 is 23.2 Å². The summed E-state index contributed by atoms with van der Waals surface area (Å²) in [4.78, 5) is 7.12. The lowest BCUT2D eigenvalue weighted by Gasteiger charge is -2.35. The smallest absolute Gasteiger partial charge is 0.191 e. The number of aliphatic imine (C=N–C) groups is 1. The Morgan fingerprint density at radius 3 is 2.89 bits per heavy atom. The van der Waals surface area contributed by atoms with Gasteiger partial charge in [-0.2, -0.15) is 0 Å². The molecule has 2 heterocycles. The van der Waals surface area contributed by atoms with Crippen molar-refractivity contribution in [3.8, 4) is 0 Å². The number of halogens is 1. The topological polar surface area (TPSA) is 65.7 Å². The van der Waals surface area contributed by atoms with E-state index < -0.39 is 0 Å². The third-order valence-electron chi connectivity index (χ3n) is 5.11. The number of hydrogen-bond donors (Lipinski definition) is 2. The van der Waals surface area contributed by atoms with Gasteiger partial charge in [0.25, 0.3) is 0 Å². The van der Waals surface area contributed by atoms with Crippen LogP contribution < -0.4 is 15.5 Å². The molecular formula is C21H30ClN5O. The Morgan fingerprint density at radius 2 is 2.18 bits per heavy atom. The molecule has 1 unspecified atom stereocenters. The minimum absolute atomic E-state index is 0.335. The van der Waals surface area contributed by atoms with Gasteiger partial charge in [0.15, 0.2) is 5.96 Å². The summed E-state index contributed by atoms with van der Waals surface area (Å²) in [7, 11) is 0. The maximum atomic E-state index is 6.39. The molecule has 0 spiro atoms. The SMILES string of the molecule is CCNC(=NCCc1c(C)noc1C)NC1CCCN(c2ccccc2Cl)C1. The molecule has 1 aromatic carbocycles. The van der Waals surface area contributed by atoms with Gasteiger partial charge in [-0.1, -0.05) is 28.9 Å². The Kier molecular flexibility index (Phi) is 7.20. The summed E-state index contributed by atoms with van der Waals surface area (Å²) in [5.74, 6) is 1.74. The number of para-hydroxylation sites is 1. The summed E-state index contributed by atoms with van der Waals surface area (Å²) in [5.41, 5.74) is 3.21. The molecule has 3 rings (SSSR count). The number of aryl methyl sites for hydroxylation is 2. The van der Waals surface area contributed by atoms with Crippen LogP contribution in [0.15, 0.2) is 33.8 Å². The van der Waals surface area contributed by atoms with Crippen LogP contribution in [0.3, 0.4) is 0 Å². The highest BCUT2D eigenvalue weighted by Crippen LogP contribution is 2.27. The monoisotopic (exact) mass is 403 g/mol. The number of nitrogens with one attached hydrogen (secondary N) is 2. The van der Waals surface area contributed by atoms with Crippen LogP contribution >= 0.6 is 11.6 Å². The van der Waals surface area contributed by atoms with E-state index in [1.165, 1.54) is 0 Å². The van der Waals surface area contributed by atoms with Gasteiger partial charge in [0.2, 0.25) is 0 Å². The highest BCUT2D eigenvalue weighted by atomic mass is 35.5. The number of hydrogen-bond acceptors (Lipinski definition) is 4. The molecule has 2 N–H and O–H groups in total. The van der Waals surface area contributed by atoms with E-state index in [1.807, 2.05) is 32.0 Å². The minimum atomic E-state index is 0.335. The Hall–Kier alpha value is -2.21. The summed E-state index contributed by atoms with van der Waals surface area (Å²) in [5, 5.41) is 11.8. The third kappa shape index (κ3) is 5.19. The highest BCUT2D eigenvalue weighted by molar-refractivity contribution is 6.33. The molecule has 1 aliphatic rings. The molecular weight excluding hydrogens is 374 g/mol. The van der Waals surface area contributed by atoms with Crippen molar-refractivity contribution in [3.05, 3.63) is 46.3 Å². The number of rotatable bonds is 6. The molecule has 1 aliphatic heterocycles. The fourth-order valence-electron chi connectivity index (χ4n) is 3.67. The van der Waals surface area contributed by atoms with Crippen LogP contribution in [0.1, 0.15) is 36.8 Å². The molecule has 1 saturated heterocycles. The second-order valence-corrected chi connectivity index (χ2v) is 7.60. The van der Waals surface area contributed by atoms with E-state index in [1.54, 1.807) is 0 Å². The first-order chi connectivity index (χ1) is 13.6. The van der Waals surface area contributed by atoms with E-state index in [9.17, 15) is 0 Å². The van der Waals surface area contributed by atoms with E-state index in [4.69, 9.17) is 21.1 Å². The van der Waals surface area contributed by atoms with Crippen LogP contribution in [0.4, 0.5) is 5.69 Å². The Labute approximate surface area is 172 Å². The molecule has 152 valence electrons. The molecule has 1 fully saturated rings. The van der Waals surface area contributed by atoms with E-state index in [-0.39, 0.29) is 0 Å². The molecule has 0 amide bonds. The van der Waals surface area contributed by atoms with Gasteiger partial charge in [0, 0.05) is 37.8 Å². The Balaban J connectivity index is 1.60. The van der Waals surface area contributed by atoms with Gasteiger partial charge in [-0.05, 0) is 52.2 Å². The molecule has 7 heteroatoms. The molecule has 1 atom stereocenters. The summed E-state index contributed by atoms with van der Waals surface area (Å²) < 4.78 is 5.24. The van der Waals surface area contributed by atoms with Gasteiger partial charge in [-0.3, -0.25) is 4.99 Å². The van der Waals surface area contributed by atoms with Crippen molar-refractivity contribution < 1.29 is 4.52 Å². The molecule has 28 heavy (non-hydrogen) atoms.